The summed E-state index contributed by atoms with van der Waals surface area (Å²) < 4.78 is 11.2. The number of aliphatic hydroxyl groups is 1. The molecule has 3 aromatic rings. The average molecular weight is 490 g/mol. The van der Waals surface area contributed by atoms with Crippen molar-refractivity contribution in [3.63, 3.8) is 0 Å². The molecule has 7 heteroatoms. The SMILES string of the molecule is CCOc1ccc(C2/C(=C(/O)c3ccc4c(c3)CCCO4)C(=O)C(=O)N2c2ccc(Cl)cc2)cc1. The van der Waals surface area contributed by atoms with Gasteiger partial charge in [0.05, 0.1) is 24.8 Å². The number of anilines is 1. The number of fused-ring (bicyclic) bond motifs is 1. The number of rotatable bonds is 5. The van der Waals surface area contributed by atoms with Gasteiger partial charge in [-0.1, -0.05) is 23.7 Å². The molecule has 3 aromatic carbocycles. The second-order valence-electron chi connectivity index (χ2n) is 8.42. The largest absolute Gasteiger partial charge is 0.507 e. The first-order valence-corrected chi connectivity index (χ1v) is 11.9. The summed E-state index contributed by atoms with van der Waals surface area (Å²) in [5.41, 5.74) is 2.65. The molecule has 0 aliphatic carbocycles. The van der Waals surface area contributed by atoms with Crippen molar-refractivity contribution in [1.82, 2.24) is 0 Å². The van der Waals surface area contributed by atoms with E-state index in [0.29, 0.717) is 40.8 Å². The van der Waals surface area contributed by atoms with E-state index >= 15 is 0 Å². The zero-order chi connectivity index (χ0) is 24.5. The van der Waals surface area contributed by atoms with E-state index in [4.69, 9.17) is 21.1 Å². The Kier molecular flexibility index (Phi) is 6.22. The van der Waals surface area contributed by atoms with Gasteiger partial charge in [0.2, 0.25) is 0 Å². The van der Waals surface area contributed by atoms with Gasteiger partial charge >= 0.3 is 0 Å². The van der Waals surface area contributed by atoms with Crippen LogP contribution in [-0.2, 0) is 16.0 Å². The Morgan fingerprint density at radius 3 is 2.54 bits per heavy atom. The number of aliphatic hydroxyl groups excluding tert-OH is 1. The number of amides is 1. The van der Waals surface area contributed by atoms with Gasteiger partial charge in [0, 0.05) is 16.3 Å². The quantitative estimate of drug-likeness (QED) is 0.283. The molecular formula is C28H24ClNO5. The molecule has 0 spiro atoms. The molecule has 1 N–H and O–H groups in total. The summed E-state index contributed by atoms with van der Waals surface area (Å²) in [5, 5.41) is 11.9. The number of halogens is 1. The van der Waals surface area contributed by atoms with Gasteiger partial charge in [-0.05, 0) is 85.5 Å². The van der Waals surface area contributed by atoms with Gasteiger partial charge < -0.3 is 14.6 Å². The van der Waals surface area contributed by atoms with Crippen LogP contribution in [0.15, 0.2) is 72.3 Å². The Labute approximate surface area is 208 Å². The smallest absolute Gasteiger partial charge is 0.300 e. The van der Waals surface area contributed by atoms with E-state index in [1.54, 1.807) is 60.7 Å². The standard InChI is InChI=1S/C28H24ClNO5/c1-2-34-22-12-5-17(6-13-22)25-24(26(31)19-7-14-23-18(16-19)4-3-15-35-23)27(32)28(33)30(25)21-10-8-20(29)9-11-21/h5-14,16,25,31H,2-4,15H2,1H3/b26-24-. The Bertz CT molecular complexity index is 1310. The highest BCUT2D eigenvalue weighted by Gasteiger charge is 2.47. The lowest BCUT2D eigenvalue weighted by Gasteiger charge is -2.26. The number of benzene rings is 3. The number of ketones is 1. The minimum atomic E-state index is -0.820. The normalized spacial score (nSPS) is 18.8. The van der Waals surface area contributed by atoms with Crippen molar-refractivity contribution in [2.24, 2.45) is 0 Å². The lowest BCUT2D eigenvalue weighted by atomic mass is 9.94. The molecule has 6 nitrogen and oxygen atoms in total. The Morgan fingerprint density at radius 2 is 1.83 bits per heavy atom. The maximum Gasteiger partial charge on any atom is 0.300 e. The number of hydrogen-bond donors (Lipinski definition) is 1. The van der Waals surface area contributed by atoms with Crippen molar-refractivity contribution in [3.8, 4) is 11.5 Å². The lowest BCUT2D eigenvalue weighted by Crippen LogP contribution is -2.29. The van der Waals surface area contributed by atoms with Crippen LogP contribution in [0.2, 0.25) is 5.02 Å². The third-order valence-electron chi connectivity index (χ3n) is 6.24. The van der Waals surface area contributed by atoms with E-state index < -0.39 is 17.7 Å². The molecule has 178 valence electrons. The number of hydrogen-bond acceptors (Lipinski definition) is 5. The van der Waals surface area contributed by atoms with Crippen LogP contribution in [0.1, 0.15) is 36.1 Å². The van der Waals surface area contributed by atoms with Crippen molar-refractivity contribution < 1.29 is 24.2 Å². The van der Waals surface area contributed by atoms with Crippen molar-refractivity contribution in [2.75, 3.05) is 18.1 Å². The second kappa shape index (κ2) is 9.47. The molecule has 2 heterocycles. The van der Waals surface area contributed by atoms with Crippen LogP contribution in [-0.4, -0.2) is 30.0 Å². The Morgan fingerprint density at radius 1 is 1.09 bits per heavy atom. The van der Waals surface area contributed by atoms with E-state index in [2.05, 4.69) is 0 Å². The molecule has 0 bridgehead atoms. The third-order valence-corrected chi connectivity index (χ3v) is 6.49. The minimum absolute atomic E-state index is 0.0331. The number of carbonyl (C=O) groups is 2. The molecule has 2 aliphatic rings. The predicted molar refractivity (Wildman–Crippen MR) is 134 cm³/mol. The number of nitrogens with zero attached hydrogens (tertiary/aromatic N) is 1. The van der Waals surface area contributed by atoms with Gasteiger partial charge in [-0.2, -0.15) is 0 Å². The van der Waals surface area contributed by atoms with Gasteiger partial charge in [0.1, 0.15) is 17.3 Å². The molecule has 2 aliphatic heterocycles. The third kappa shape index (κ3) is 4.26. The molecule has 1 atom stereocenters. The molecule has 1 amide bonds. The van der Waals surface area contributed by atoms with Crippen molar-refractivity contribution >= 4 is 34.7 Å². The number of Topliss-reactive ketones (excluding diaryl/α,β-unsaturated/α-hetero) is 1. The van der Waals surface area contributed by atoms with E-state index in [1.165, 1.54) is 4.90 Å². The van der Waals surface area contributed by atoms with E-state index in [9.17, 15) is 14.7 Å². The van der Waals surface area contributed by atoms with Crippen LogP contribution < -0.4 is 14.4 Å². The molecule has 0 radical (unpaired) electrons. The van der Waals surface area contributed by atoms with Crippen LogP contribution in [0.4, 0.5) is 5.69 Å². The maximum absolute atomic E-state index is 13.3. The highest BCUT2D eigenvalue weighted by atomic mass is 35.5. The zero-order valence-corrected chi connectivity index (χ0v) is 19.9. The molecule has 0 aromatic heterocycles. The summed E-state index contributed by atoms with van der Waals surface area (Å²) in [4.78, 5) is 28.0. The second-order valence-corrected chi connectivity index (χ2v) is 8.86. The van der Waals surface area contributed by atoms with Gasteiger partial charge in [-0.25, -0.2) is 0 Å². The highest BCUT2D eigenvalue weighted by Crippen LogP contribution is 2.43. The van der Waals surface area contributed by atoms with E-state index in [-0.39, 0.29) is 11.3 Å². The zero-order valence-electron chi connectivity index (χ0n) is 19.2. The van der Waals surface area contributed by atoms with E-state index in [1.807, 2.05) is 13.0 Å². The number of ether oxygens (including phenoxy) is 2. The molecule has 0 saturated carbocycles. The van der Waals surface area contributed by atoms with Crippen LogP contribution in [0.5, 0.6) is 11.5 Å². The molecular weight excluding hydrogens is 466 g/mol. The molecule has 1 fully saturated rings. The average Bonchev–Trinajstić information content (AvgIpc) is 3.14. The first-order valence-electron chi connectivity index (χ1n) is 11.5. The van der Waals surface area contributed by atoms with Gasteiger partial charge in [0.25, 0.3) is 11.7 Å². The summed E-state index contributed by atoms with van der Waals surface area (Å²) in [6.45, 7) is 3.07. The van der Waals surface area contributed by atoms with Gasteiger partial charge in [-0.3, -0.25) is 14.5 Å². The fourth-order valence-electron chi connectivity index (χ4n) is 4.59. The van der Waals surface area contributed by atoms with Gasteiger partial charge in [0.15, 0.2) is 0 Å². The first kappa shape index (κ1) is 23.0. The van der Waals surface area contributed by atoms with Crippen molar-refractivity contribution in [2.45, 2.75) is 25.8 Å². The van der Waals surface area contributed by atoms with Crippen LogP contribution in [0.3, 0.4) is 0 Å². The Hall–Kier alpha value is -3.77. The summed E-state index contributed by atoms with van der Waals surface area (Å²) in [6.07, 6.45) is 1.70. The van der Waals surface area contributed by atoms with Gasteiger partial charge in [-0.15, -0.1) is 0 Å². The summed E-state index contributed by atoms with van der Waals surface area (Å²) in [7, 11) is 0. The molecule has 1 saturated heterocycles. The fraction of sp³-hybridized carbons (Fsp3) is 0.214. The summed E-state index contributed by atoms with van der Waals surface area (Å²) >= 11 is 6.06. The number of aryl methyl sites for hydroxylation is 1. The summed E-state index contributed by atoms with van der Waals surface area (Å²) in [6, 6.07) is 18.4. The molecule has 35 heavy (non-hydrogen) atoms. The number of carbonyl (C=O) groups excluding carboxylic acids is 2. The molecule has 1 unspecified atom stereocenters. The Balaban J connectivity index is 1.66. The van der Waals surface area contributed by atoms with Crippen molar-refractivity contribution in [3.05, 3.63) is 94.0 Å². The van der Waals surface area contributed by atoms with Crippen LogP contribution in [0, 0.1) is 0 Å². The fourth-order valence-corrected chi connectivity index (χ4v) is 4.72. The maximum atomic E-state index is 13.3. The van der Waals surface area contributed by atoms with Crippen LogP contribution in [0.25, 0.3) is 5.76 Å². The predicted octanol–water partition coefficient (Wildman–Crippen LogP) is 5.69. The monoisotopic (exact) mass is 489 g/mol. The summed E-state index contributed by atoms with van der Waals surface area (Å²) in [5.74, 6) is -0.224. The van der Waals surface area contributed by atoms with E-state index in [0.717, 1.165) is 24.2 Å². The highest BCUT2D eigenvalue weighted by molar-refractivity contribution is 6.51. The topological polar surface area (TPSA) is 76.1 Å². The van der Waals surface area contributed by atoms with Crippen LogP contribution >= 0.6 is 11.6 Å². The molecule has 5 rings (SSSR count). The minimum Gasteiger partial charge on any atom is -0.507 e. The van der Waals surface area contributed by atoms with Crippen molar-refractivity contribution in [1.29, 1.82) is 0 Å². The lowest BCUT2D eigenvalue weighted by molar-refractivity contribution is -0.132. The first-order chi connectivity index (χ1) is 17.0.